The molecular weight excluding hydrogens is 961 g/mol. The van der Waals surface area contributed by atoms with Crippen molar-refractivity contribution in [2.24, 2.45) is 5.41 Å². The van der Waals surface area contributed by atoms with Gasteiger partial charge in [0.25, 0.3) is 5.56 Å². The highest BCUT2D eigenvalue weighted by molar-refractivity contribution is 7.13. The molecule has 3 atom stereocenters. The van der Waals surface area contributed by atoms with Crippen LogP contribution in [0.5, 0.6) is 0 Å². The number of carbonyl (C=O) groups excluding carboxylic acids is 3. The summed E-state index contributed by atoms with van der Waals surface area (Å²) in [7, 11) is 0. The molecule has 6 heterocycles. The second-order valence-electron chi connectivity index (χ2n) is 20.5. The number of nitrogens with one attached hydrogen (secondary N) is 3. The van der Waals surface area contributed by atoms with Crippen LogP contribution in [0.25, 0.3) is 27.3 Å². The van der Waals surface area contributed by atoms with Crippen molar-refractivity contribution >= 4 is 57.4 Å². The van der Waals surface area contributed by atoms with E-state index >= 15 is 0 Å². The van der Waals surface area contributed by atoms with Crippen LogP contribution in [-0.4, -0.2) is 138 Å². The second kappa shape index (κ2) is 23.1. The van der Waals surface area contributed by atoms with E-state index in [-0.39, 0.29) is 56.5 Å². The predicted octanol–water partition coefficient (Wildman–Crippen LogP) is 5.29. The number of nitrogens with zero attached hydrogens (tertiary/aromatic N) is 9. The molecule has 74 heavy (non-hydrogen) atoms. The van der Waals surface area contributed by atoms with E-state index in [2.05, 4.69) is 59.4 Å². The van der Waals surface area contributed by atoms with Crippen molar-refractivity contribution in [2.75, 3.05) is 62.7 Å². The number of anilines is 3. The van der Waals surface area contributed by atoms with Gasteiger partial charge < -0.3 is 40.7 Å². The molecule has 0 radical (unpaired) electrons. The standard InChI is InChI=1S/C54H68N12O7S/c1-8-22-65-50(70)41-32-56-52(61-48(41)66(65)44-12-9-11-43(59-44)54(6,7)72)58-38-17-19-39(20-18-38)63-26-24-62(25-27-63)23-10-28-73-29-21-45(68)60-47(53(3,4)5)51(71)64-33-40(67)30-42(64)49(69)55-31-36-13-15-37(16-14-36)46-35(2)57-34-74-46/h8-9,11-20,32,34,40,42,47,67,72H,1,10,21-31,33H2,2-7H3,(H,55,69)(H,60,68)(H,56,58,61)/t40?,42?,47-/m1/s1. The second-order valence-corrected chi connectivity index (χ2v) is 21.4. The molecule has 2 aromatic carbocycles. The third kappa shape index (κ3) is 12.7. The lowest BCUT2D eigenvalue weighted by Gasteiger charge is -2.36. The average Bonchev–Trinajstić information content (AvgIpc) is 4.07. The molecule has 20 heteroatoms. The van der Waals surface area contributed by atoms with E-state index in [1.165, 1.54) is 15.8 Å². The van der Waals surface area contributed by atoms with Gasteiger partial charge in [-0.2, -0.15) is 4.98 Å². The van der Waals surface area contributed by atoms with Crippen LogP contribution in [-0.2, 0) is 37.8 Å². The van der Waals surface area contributed by atoms with E-state index in [1.54, 1.807) is 54.1 Å². The molecule has 2 unspecified atom stereocenters. The lowest BCUT2D eigenvalue weighted by atomic mass is 9.85. The number of rotatable bonds is 20. The Balaban J connectivity index is 0.756. The van der Waals surface area contributed by atoms with Gasteiger partial charge in [-0.15, -0.1) is 17.9 Å². The summed E-state index contributed by atoms with van der Waals surface area (Å²) in [6.45, 7) is 20.2. The zero-order valence-corrected chi connectivity index (χ0v) is 43.9. The molecule has 5 N–H and O–H groups in total. The molecule has 2 aliphatic heterocycles. The number of aryl methyl sites for hydroxylation is 1. The van der Waals surface area contributed by atoms with Gasteiger partial charge in [0.05, 0.1) is 41.0 Å². The maximum atomic E-state index is 14.1. The first-order chi connectivity index (χ1) is 35.4. The van der Waals surface area contributed by atoms with Gasteiger partial charge in [0.2, 0.25) is 23.7 Å². The number of carbonyl (C=O) groups is 3. The van der Waals surface area contributed by atoms with Crippen LogP contribution < -0.4 is 26.4 Å². The van der Waals surface area contributed by atoms with Gasteiger partial charge in [-0.3, -0.25) is 24.1 Å². The number of allylic oxidation sites excluding steroid dienone is 1. The normalized spacial score (nSPS) is 16.9. The minimum atomic E-state index is -1.19. The highest BCUT2D eigenvalue weighted by Gasteiger charge is 2.44. The zero-order chi connectivity index (χ0) is 52.7. The van der Waals surface area contributed by atoms with Gasteiger partial charge in [-0.25, -0.2) is 24.3 Å². The third-order valence-corrected chi connectivity index (χ3v) is 14.3. The number of aliphatic hydroxyl groups is 2. The SMILES string of the molecule is C=CCn1c(=O)c2cnc(Nc3ccc(N4CCN(CCCOCCC(=O)N[C@H](C(=O)N5CC(O)CC5C(=O)NCc5ccc(-c6scnc6C)cc5)C(C)(C)C)CC4)cc3)nc2n1-c1cccc(C(C)(C)O)n1. The molecule has 2 aliphatic rings. The molecule has 0 spiro atoms. The first-order valence-electron chi connectivity index (χ1n) is 25.1. The molecule has 0 saturated carbocycles. The molecule has 392 valence electrons. The first kappa shape index (κ1) is 53.5. The van der Waals surface area contributed by atoms with Crippen molar-refractivity contribution < 1.29 is 29.3 Å². The van der Waals surface area contributed by atoms with E-state index in [9.17, 15) is 29.4 Å². The number of thiazole rings is 1. The fourth-order valence-corrected chi connectivity index (χ4v) is 10.1. The summed E-state index contributed by atoms with van der Waals surface area (Å²) in [6.07, 6.45) is 3.27. The molecule has 8 rings (SSSR count). The van der Waals surface area contributed by atoms with Crippen molar-refractivity contribution in [3.05, 3.63) is 118 Å². The summed E-state index contributed by atoms with van der Waals surface area (Å²) in [6, 6.07) is 19.5. The Kier molecular flexibility index (Phi) is 16.7. The Morgan fingerprint density at radius 1 is 0.959 bits per heavy atom. The highest BCUT2D eigenvalue weighted by Crippen LogP contribution is 2.29. The monoisotopic (exact) mass is 1030 g/mol. The molecule has 2 fully saturated rings. The fraction of sp³-hybridized carbons (Fsp3) is 0.444. The summed E-state index contributed by atoms with van der Waals surface area (Å²) >= 11 is 1.58. The van der Waals surface area contributed by atoms with Gasteiger partial charge in [0.1, 0.15) is 23.1 Å². The van der Waals surface area contributed by atoms with Crippen LogP contribution in [0.3, 0.4) is 0 Å². The van der Waals surface area contributed by atoms with Crippen molar-refractivity contribution in [3.8, 4) is 16.3 Å². The Hall–Kier alpha value is -6.84. The largest absolute Gasteiger partial charge is 0.391 e. The molecule has 0 aliphatic carbocycles. The summed E-state index contributed by atoms with van der Waals surface area (Å²) < 4.78 is 9.00. The predicted molar refractivity (Wildman–Crippen MR) is 286 cm³/mol. The zero-order valence-electron chi connectivity index (χ0n) is 43.1. The quantitative estimate of drug-likeness (QED) is 0.0484. The summed E-state index contributed by atoms with van der Waals surface area (Å²) in [4.78, 5) is 79.6. The smallest absolute Gasteiger partial charge is 0.278 e. The lowest BCUT2D eigenvalue weighted by Crippen LogP contribution is -2.57. The van der Waals surface area contributed by atoms with Gasteiger partial charge in [0.15, 0.2) is 11.5 Å². The molecule has 19 nitrogen and oxygen atoms in total. The summed E-state index contributed by atoms with van der Waals surface area (Å²) in [5.74, 6) is -0.341. The molecule has 2 saturated heterocycles. The van der Waals surface area contributed by atoms with E-state index < -0.39 is 35.1 Å². The van der Waals surface area contributed by atoms with Gasteiger partial charge in [-0.05, 0) is 80.1 Å². The summed E-state index contributed by atoms with van der Waals surface area (Å²) in [5, 5.41) is 30.7. The number of aromatic nitrogens is 6. The third-order valence-electron chi connectivity index (χ3n) is 13.4. The highest BCUT2D eigenvalue weighted by atomic mass is 32.1. The molecule has 6 aromatic rings. The number of piperazine rings is 1. The number of β-amino-alcohol motifs (C(OH)–C–C–N with tert-alkyl or cyclic N) is 1. The van der Waals surface area contributed by atoms with Gasteiger partial charge in [-0.1, -0.05) is 57.2 Å². The maximum Gasteiger partial charge on any atom is 0.278 e. The fourth-order valence-electron chi connectivity index (χ4n) is 9.28. The number of amides is 3. The van der Waals surface area contributed by atoms with Crippen LogP contribution >= 0.6 is 11.3 Å². The van der Waals surface area contributed by atoms with Crippen molar-refractivity contribution in [2.45, 2.75) is 97.7 Å². The molecule has 0 bridgehead atoms. The number of fused-ring (bicyclic) bond motifs is 1. The molecule has 3 amide bonds. The number of hydrogen-bond acceptors (Lipinski definition) is 15. The minimum absolute atomic E-state index is 0.00353. The van der Waals surface area contributed by atoms with Crippen molar-refractivity contribution in [3.63, 3.8) is 0 Å². The van der Waals surface area contributed by atoms with Crippen LogP contribution in [0.15, 0.2) is 95.9 Å². The van der Waals surface area contributed by atoms with Gasteiger partial charge >= 0.3 is 0 Å². The van der Waals surface area contributed by atoms with E-state index in [4.69, 9.17) is 9.72 Å². The number of benzene rings is 2. The number of aliphatic hydroxyl groups excluding tert-OH is 1. The molecular formula is C54H68N12O7S. The van der Waals surface area contributed by atoms with E-state index in [0.29, 0.717) is 35.1 Å². The average molecular weight is 1030 g/mol. The Morgan fingerprint density at radius 3 is 2.38 bits per heavy atom. The summed E-state index contributed by atoms with van der Waals surface area (Å²) in [5.41, 5.74) is 5.30. The lowest BCUT2D eigenvalue weighted by molar-refractivity contribution is -0.144. The number of likely N-dealkylation sites (tertiary alicyclic amines) is 1. The number of hydrogen-bond donors (Lipinski definition) is 5. The van der Waals surface area contributed by atoms with Crippen LogP contribution in [0.4, 0.5) is 17.3 Å². The van der Waals surface area contributed by atoms with Crippen LogP contribution in [0.1, 0.15) is 70.8 Å². The van der Waals surface area contributed by atoms with Crippen molar-refractivity contribution in [1.29, 1.82) is 0 Å². The molecule has 4 aromatic heterocycles. The number of pyridine rings is 1. The topological polar surface area (TPSA) is 225 Å². The van der Waals surface area contributed by atoms with Crippen molar-refractivity contribution in [1.82, 2.24) is 49.7 Å². The minimum Gasteiger partial charge on any atom is -0.391 e. The maximum absolute atomic E-state index is 14.1. The Bertz CT molecular complexity index is 2990. The van der Waals surface area contributed by atoms with Crippen LogP contribution in [0, 0.1) is 12.3 Å². The number of ether oxygens (including phenoxy) is 1. The van der Waals surface area contributed by atoms with E-state index in [0.717, 1.165) is 72.2 Å². The Morgan fingerprint density at radius 2 is 1.70 bits per heavy atom. The van der Waals surface area contributed by atoms with Gasteiger partial charge in [0, 0.05) is 82.8 Å². The Labute approximate surface area is 435 Å². The van der Waals surface area contributed by atoms with Crippen LogP contribution in [0.2, 0.25) is 0 Å². The first-order valence-corrected chi connectivity index (χ1v) is 26.0. The van der Waals surface area contributed by atoms with E-state index in [1.807, 2.05) is 69.6 Å².